The van der Waals surface area contributed by atoms with Gasteiger partial charge in [0.2, 0.25) is 0 Å². The summed E-state index contributed by atoms with van der Waals surface area (Å²) in [6, 6.07) is 0. The monoisotopic (exact) mass is 546 g/mol. The topological polar surface area (TPSA) is 135 Å². The van der Waals surface area contributed by atoms with Crippen LogP contribution in [-0.2, 0) is 19.7 Å². The molecule has 0 spiro atoms. The predicted octanol–water partition coefficient (Wildman–Crippen LogP) is -0.641. The number of carboxylic acid groups (broad SMARTS) is 2. The molecule has 0 aliphatic carbocycles. The van der Waals surface area contributed by atoms with E-state index in [0.717, 1.165) is 51.4 Å². The third-order valence-electron chi connectivity index (χ3n) is 7.37. The maximum absolute atomic E-state index is 12.2. The van der Waals surface area contributed by atoms with Gasteiger partial charge in [0.15, 0.2) is 0 Å². The predicted molar refractivity (Wildman–Crippen MR) is 141 cm³/mol. The summed E-state index contributed by atoms with van der Waals surface area (Å²) in [5, 5.41) is 21.4. The molecule has 0 fully saturated rings. The van der Waals surface area contributed by atoms with Crippen molar-refractivity contribution in [3.63, 3.8) is 0 Å². The minimum Gasteiger partial charge on any atom is -0.549 e. The zero-order chi connectivity index (χ0) is 27.3. The normalized spacial score (nSPS) is 12.4. The molecule has 38 heavy (non-hydrogen) atoms. The average Bonchev–Trinajstić information content (AvgIpc) is 2.79. The van der Waals surface area contributed by atoms with Gasteiger partial charge in [-0.15, -0.1) is 0 Å². The van der Waals surface area contributed by atoms with Crippen molar-refractivity contribution in [2.45, 2.75) is 160 Å². The van der Waals surface area contributed by atoms with E-state index in [9.17, 15) is 32.8 Å². The van der Waals surface area contributed by atoms with Crippen LogP contribution in [0.5, 0.6) is 0 Å². The van der Waals surface area contributed by atoms with Crippen LogP contribution in [0.4, 0.5) is 0 Å². The smallest absolute Gasteiger partial charge is 0.549 e. The Morgan fingerprint density at radius 3 is 1.08 bits per heavy atom. The van der Waals surface area contributed by atoms with Crippen molar-refractivity contribution in [1.82, 2.24) is 0 Å². The van der Waals surface area contributed by atoms with Crippen LogP contribution in [0.1, 0.15) is 155 Å². The van der Waals surface area contributed by atoms with Gasteiger partial charge in [-0.2, -0.15) is 8.42 Å². The summed E-state index contributed by atoms with van der Waals surface area (Å²) in [4.78, 5) is 23.9. The van der Waals surface area contributed by atoms with Gasteiger partial charge in [-0.05, 0) is 12.8 Å². The molecule has 0 radical (unpaired) electrons. The fourth-order valence-electron chi connectivity index (χ4n) is 5.19. The van der Waals surface area contributed by atoms with Gasteiger partial charge in [-0.3, -0.25) is 4.55 Å². The van der Waals surface area contributed by atoms with Crippen LogP contribution in [0.2, 0.25) is 0 Å². The molecule has 0 heterocycles. The van der Waals surface area contributed by atoms with Crippen molar-refractivity contribution in [1.29, 1.82) is 0 Å². The average molecular weight is 547 g/mol. The molecule has 0 aliphatic heterocycles. The van der Waals surface area contributed by atoms with Crippen molar-refractivity contribution in [3.05, 3.63) is 0 Å². The van der Waals surface area contributed by atoms with Gasteiger partial charge in [0.05, 0.1) is 5.97 Å². The van der Waals surface area contributed by atoms with E-state index in [0.29, 0.717) is 25.7 Å². The number of aliphatic carboxylic acids is 2. The van der Waals surface area contributed by atoms with E-state index in [1.165, 1.54) is 51.4 Å². The third-order valence-corrected chi connectivity index (χ3v) is 8.61. The molecule has 1 N–H and O–H groups in total. The summed E-state index contributed by atoms with van der Waals surface area (Å²) >= 11 is 0. The summed E-state index contributed by atoms with van der Waals surface area (Å²) in [6.45, 7) is 4.35. The number of unbranched alkanes of at least 4 members (excludes halogenated alkanes) is 18. The Morgan fingerprint density at radius 1 is 0.605 bits per heavy atom. The second-order valence-electron chi connectivity index (χ2n) is 10.5. The number of rotatable bonds is 26. The first-order valence-electron chi connectivity index (χ1n) is 14.5. The summed E-state index contributed by atoms with van der Waals surface area (Å²) in [5.74, 6) is -3.82. The fraction of sp³-hybridized carbons (Fsp3) is 0.929. The quantitative estimate of drug-likeness (QED) is 0.0866. The van der Waals surface area contributed by atoms with Crippen LogP contribution in [0.15, 0.2) is 0 Å². The van der Waals surface area contributed by atoms with Crippen molar-refractivity contribution in [2.24, 2.45) is 5.41 Å². The van der Waals surface area contributed by atoms with Crippen molar-refractivity contribution < 1.29 is 70.5 Å². The maximum atomic E-state index is 12.2. The molecular weight excluding hydrogens is 494 g/mol. The second-order valence-corrected chi connectivity index (χ2v) is 12.0. The Balaban J connectivity index is -0.00000612. The molecule has 0 saturated heterocycles. The van der Waals surface area contributed by atoms with Gasteiger partial charge in [-0.1, -0.05) is 142 Å². The third kappa shape index (κ3) is 19.2. The first-order chi connectivity index (χ1) is 17.1. The van der Waals surface area contributed by atoms with Gasteiger partial charge in [0, 0.05) is 11.4 Å². The number of carbonyl (C=O) groups is 2. The minimum atomic E-state index is -5.17. The van der Waals surface area contributed by atoms with Gasteiger partial charge in [0.1, 0.15) is 5.25 Å². The summed E-state index contributed by atoms with van der Waals surface area (Å²) in [7, 11) is -5.17. The molecule has 0 bridgehead atoms. The molecule has 0 aromatic carbocycles. The maximum Gasteiger partial charge on any atom is 1.00 e. The van der Waals surface area contributed by atoms with E-state index in [1.54, 1.807) is 0 Å². The standard InChI is InChI=1S/C28H54O7S.2Li/c1-3-5-7-9-11-13-15-17-19-21-23-28(27(31)32,25(26(29)30)36(33,34)35)24-22-20-18-16-14-12-10-8-6-4-2;;/h25H,3-24H2,1-2H3,(H,29,30)(H,31,32)(H,33,34,35);;/q;2*+1/p-2. The number of carbonyl (C=O) groups excluding carboxylic acids is 2. The Labute approximate surface area is 257 Å². The van der Waals surface area contributed by atoms with E-state index in [2.05, 4.69) is 13.8 Å². The zero-order valence-electron chi connectivity index (χ0n) is 24.9. The molecule has 1 unspecified atom stereocenters. The Kier molecular flexibility index (Phi) is 29.1. The summed E-state index contributed by atoms with van der Waals surface area (Å²) < 4.78 is 33.5. The molecule has 0 aromatic heterocycles. The van der Waals surface area contributed by atoms with Crippen LogP contribution >= 0.6 is 0 Å². The van der Waals surface area contributed by atoms with Crippen LogP contribution in [-0.4, -0.2) is 30.2 Å². The van der Waals surface area contributed by atoms with Crippen molar-refractivity contribution in [2.75, 3.05) is 0 Å². The van der Waals surface area contributed by atoms with Gasteiger partial charge in [-0.25, -0.2) is 0 Å². The molecule has 7 nitrogen and oxygen atoms in total. The Morgan fingerprint density at radius 2 is 0.868 bits per heavy atom. The van der Waals surface area contributed by atoms with Crippen molar-refractivity contribution in [3.8, 4) is 0 Å². The van der Waals surface area contributed by atoms with Crippen LogP contribution in [0.25, 0.3) is 0 Å². The molecule has 0 rings (SSSR count). The molecule has 0 amide bonds. The van der Waals surface area contributed by atoms with E-state index < -0.39 is 32.7 Å². The number of hydrogen-bond donors (Lipinski definition) is 1. The first kappa shape index (κ1) is 42.5. The molecule has 10 heteroatoms. The Hall–Kier alpha value is 0.0448. The van der Waals surface area contributed by atoms with E-state index in [4.69, 9.17) is 0 Å². The van der Waals surface area contributed by atoms with E-state index in [-0.39, 0.29) is 50.6 Å². The summed E-state index contributed by atoms with van der Waals surface area (Å²) in [6.07, 6.45) is 19.8. The van der Waals surface area contributed by atoms with E-state index >= 15 is 0 Å². The van der Waals surface area contributed by atoms with Gasteiger partial charge < -0.3 is 19.8 Å². The van der Waals surface area contributed by atoms with Gasteiger partial charge >= 0.3 is 37.7 Å². The summed E-state index contributed by atoms with van der Waals surface area (Å²) in [5.41, 5.74) is -2.19. The molecule has 0 saturated carbocycles. The van der Waals surface area contributed by atoms with Gasteiger partial charge in [0.25, 0.3) is 10.1 Å². The van der Waals surface area contributed by atoms with Crippen LogP contribution < -0.4 is 47.9 Å². The van der Waals surface area contributed by atoms with Crippen molar-refractivity contribution >= 4 is 22.1 Å². The zero-order valence-corrected chi connectivity index (χ0v) is 25.8. The first-order valence-corrected chi connectivity index (χ1v) is 16.0. The second kappa shape index (κ2) is 26.0. The number of hydrogen-bond acceptors (Lipinski definition) is 6. The molecule has 0 aliphatic rings. The fourth-order valence-corrected chi connectivity index (χ4v) is 6.33. The SMILES string of the molecule is CCCCCCCCCCCCC(CCCCCCCCCCCC)(C(=O)[O-])C(C(=O)[O-])S(=O)(=O)O.[Li+].[Li+]. The molecular formula is C28H52Li2O7S. The molecule has 214 valence electrons. The Bertz CT molecular complexity index is 663. The van der Waals surface area contributed by atoms with Crippen LogP contribution in [0, 0.1) is 5.41 Å². The van der Waals surface area contributed by atoms with E-state index in [1.807, 2.05) is 0 Å². The van der Waals surface area contributed by atoms with Crippen LogP contribution in [0.3, 0.4) is 0 Å². The minimum absolute atomic E-state index is 0. The molecule has 0 aromatic rings. The number of carboxylic acids is 2. The molecule has 1 atom stereocenters. The largest absolute Gasteiger partial charge is 1.00 e.